The molecule has 8 heteroatoms. The lowest BCUT2D eigenvalue weighted by molar-refractivity contribution is 0.602. The van der Waals surface area contributed by atoms with Crippen LogP contribution in [-0.2, 0) is 16.4 Å². The van der Waals surface area contributed by atoms with E-state index in [0.717, 1.165) is 38.9 Å². The van der Waals surface area contributed by atoms with Gasteiger partial charge in [-0.25, -0.2) is 12.8 Å². The number of benzene rings is 3. The predicted octanol–water partition coefficient (Wildman–Crippen LogP) is 6.20. The molecule has 1 N–H and O–H groups in total. The largest absolute Gasteiger partial charge is 0.284 e. The highest BCUT2D eigenvalue weighted by molar-refractivity contribution is 7.94. The molecule has 0 saturated heterocycles. The van der Waals surface area contributed by atoms with Gasteiger partial charge in [-0.05, 0) is 72.3 Å². The summed E-state index contributed by atoms with van der Waals surface area (Å²) in [5, 5.41) is 1.40. The number of rotatable bonds is 4. The van der Waals surface area contributed by atoms with Gasteiger partial charge in [-0.15, -0.1) is 11.3 Å². The van der Waals surface area contributed by atoms with E-state index in [0.29, 0.717) is 22.8 Å². The Labute approximate surface area is 194 Å². The van der Waals surface area contributed by atoms with Crippen molar-refractivity contribution >= 4 is 54.4 Å². The molecule has 162 valence electrons. The molecule has 0 radical (unpaired) electrons. The Morgan fingerprint density at radius 2 is 1.84 bits per heavy atom. The standard InChI is InChI=1S/C24H18ClFN2O2S2/c1-14-20-12-17(25)5-9-22(20)31-24(14)32(29,30)28-19-7-3-16(4-8-19)23-21-13-18(26)6-2-15(21)10-11-27-23/h2-9,12-13,28H,10-11H2,1H3. The van der Waals surface area contributed by atoms with Crippen molar-refractivity contribution in [2.45, 2.75) is 17.6 Å². The molecule has 32 heavy (non-hydrogen) atoms. The normalized spacial score (nSPS) is 13.7. The highest BCUT2D eigenvalue weighted by Gasteiger charge is 2.22. The van der Waals surface area contributed by atoms with Crippen molar-refractivity contribution in [2.24, 2.45) is 4.99 Å². The molecule has 3 aromatic carbocycles. The molecule has 0 saturated carbocycles. The molecule has 4 nitrogen and oxygen atoms in total. The number of nitrogens with one attached hydrogen (secondary N) is 1. The number of fused-ring (bicyclic) bond motifs is 2. The molecule has 0 bridgehead atoms. The van der Waals surface area contributed by atoms with Crippen LogP contribution < -0.4 is 4.72 Å². The monoisotopic (exact) mass is 484 g/mol. The summed E-state index contributed by atoms with van der Waals surface area (Å²) in [5.41, 5.74) is 4.49. The molecule has 5 rings (SSSR count). The van der Waals surface area contributed by atoms with Crippen molar-refractivity contribution < 1.29 is 12.8 Å². The summed E-state index contributed by atoms with van der Waals surface area (Å²) in [5.74, 6) is -0.303. The molecule has 0 amide bonds. The first-order chi connectivity index (χ1) is 15.3. The van der Waals surface area contributed by atoms with Crippen LogP contribution in [0.5, 0.6) is 0 Å². The van der Waals surface area contributed by atoms with Crippen LogP contribution in [0.25, 0.3) is 10.1 Å². The summed E-state index contributed by atoms with van der Waals surface area (Å²) in [6.07, 6.45) is 0.775. The number of halogens is 2. The molecule has 1 aliphatic rings. The number of aryl methyl sites for hydroxylation is 1. The van der Waals surface area contributed by atoms with E-state index in [-0.39, 0.29) is 10.0 Å². The average Bonchev–Trinajstić information content (AvgIpc) is 3.10. The molecular weight excluding hydrogens is 467 g/mol. The SMILES string of the molecule is Cc1c(S(=O)(=O)Nc2ccc(C3=NCCc4ccc(F)cc43)cc2)sc2ccc(Cl)cc12. The number of thiophene rings is 1. The molecule has 4 aromatic rings. The maximum absolute atomic E-state index is 13.8. The van der Waals surface area contributed by atoms with Crippen molar-refractivity contribution in [3.8, 4) is 0 Å². The minimum atomic E-state index is -3.77. The second-order valence-corrected chi connectivity index (χ2v) is 11.0. The van der Waals surface area contributed by atoms with E-state index in [4.69, 9.17) is 11.6 Å². The summed E-state index contributed by atoms with van der Waals surface area (Å²) in [7, 11) is -3.77. The van der Waals surface area contributed by atoms with Gasteiger partial charge in [-0.3, -0.25) is 9.71 Å². The molecule has 0 aliphatic carbocycles. The van der Waals surface area contributed by atoms with Gasteiger partial charge in [-0.1, -0.05) is 29.8 Å². The smallest absolute Gasteiger partial charge is 0.271 e. The molecule has 0 fully saturated rings. The molecule has 1 aromatic heterocycles. The minimum absolute atomic E-state index is 0.264. The number of sulfonamides is 1. The van der Waals surface area contributed by atoms with Crippen molar-refractivity contribution in [3.05, 3.63) is 93.8 Å². The molecule has 1 aliphatic heterocycles. The fraction of sp³-hybridized carbons (Fsp3) is 0.125. The fourth-order valence-corrected chi connectivity index (χ4v) is 6.91. The number of nitrogens with zero attached hydrogens (tertiary/aromatic N) is 1. The first-order valence-electron chi connectivity index (χ1n) is 9.97. The predicted molar refractivity (Wildman–Crippen MR) is 129 cm³/mol. The minimum Gasteiger partial charge on any atom is -0.284 e. The lowest BCUT2D eigenvalue weighted by Gasteiger charge is -2.17. The van der Waals surface area contributed by atoms with Gasteiger partial charge in [0.1, 0.15) is 10.0 Å². The Kier molecular flexibility index (Phi) is 5.28. The molecule has 0 unspecified atom stereocenters. The van der Waals surface area contributed by atoms with Crippen LogP contribution in [0.2, 0.25) is 5.02 Å². The zero-order valence-corrected chi connectivity index (χ0v) is 19.4. The van der Waals surface area contributed by atoms with Crippen molar-refractivity contribution in [2.75, 3.05) is 11.3 Å². The number of aliphatic imine (C=N–C) groups is 1. The van der Waals surface area contributed by atoms with Crippen molar-refractivity contribution in [1.82, 2.24) is 0 Å². The van der Waals surface area contributed by atoms with Crippen LogP contribution in [0, 0.1) is 12.7 Å². The lowest BCUT2D eigenvalue weighted by atomic mass is 9.93. The highest BCUT2D eigenvalue weighted by atomic mass is 35.5. The Balaban J connectivity index is 1.44. The molecule has 0 atom stereocenters. The number of hydrogen-bond acceptors (Lipinski definition) is 4. The topological polar surface area (TPSA) is 58.5 Å². The van der Waals surface area contributed by atoms with Crippen LogP contribution in [0.3, 0.4) is 0 Å². The van der Waals surface area contributed by atoms with E-state index in [2.05, 4.69) is 9.71 Å². The second-order valence-electron chi connectivity index (χ2n) is 7.62. The van der Waals surface area contributed by atoms with Crippen LogP contribution in [0.1, 0.15) is 22.3 Å². The number of hydrogen-bond donors (Lipinski definition) is 1. The van der Waals surface area contributed by atoms with Gasteiger partial charge in [0.2, 0.25) is 0 Å². The van der Waals surface area contributed by atoms with Gasteiger partial charge < -0.3 is 0 Å². The Hall–Kier alpha value is -2.74. The lowest BCUT2D eigenvalue weighted by Crippen LogP contribution is -2.15. The third kappa shape index (κ3) is 3.81. The van der Waals surface area contributed by atoms with E-state index in [1.54, 1.807) is 49.4 Å². The van der Waals surface area contributed by atoms with Gasteiger partial charge in [0, 0.05) is 33.1 Å². The third-order valence-electron chi connectivity index (χ3n) is 5.49. The van der Waals surface area contributed by atoms with Crippen molar-refractivity contribution in [3.63, 3.8) is 0 Å². The highest BCUT2D eigenvalue weighted by Crippen LogP contribution is 2.36. The van der Waals surface area contributed by atoms with E-state index in [1.165, 1.54) is 23.5 Å². The number of anilines is 1. The molecule has 0 spiro atoms. The van der Waals surface area contributed by atoms with Gasteiger partial charge in [0.05, 0.1) is 5.71 Å². The summed E-state index contributed by atoms with van der Waals surface area (Å²) in [6.45, 7) is 2.42. The Morgan fingerprint density at radius 3 is 2.62 bits per heavy atom. The summed E-state index contributed by atoms with van der Waals surface area (Å²) in [6, 6.07) is 17.1. The Bertz CT molecular complexity index is 1490. The fourth-order valence-electron chi connectivity index (χ4n) is 3.93. The van der Waals surface area contributed by atoms with Crippen LogP contribution >= 0.6 is 22.9 Å². The van der Waals surface area contributed by atoms with Gasteiger partial charge >= 0.3 is 0 Å². The summed E-state index contributed by atoms with van der Waals surface area (Å²) in [4.78, 5) is 4.58. The molecule has 2 heterocycles. The maximum Gasteiger partial charge on any atom is 0.271 e. The zero-order chi connectivity index (χ0) is 22.5. The summed E-state index contributed by atoms with van der Waals surface area (Å²) >= 11 is 7.29. The quantitative estimate of drug-likeness (QED) is 0.375. The van der Waals surface area contributed by atoms with Crippen LogP contribution in [-0.4, -0.2) is 20.7 Å². The Morgan fingerprint density at radius 1 is 1.06 bits per heavy atom. The van der Waals surface area contributed by atoms with Gasteiger partial charge in [0.25, 0.3) is 10.0 Å². The first kappa shape index (κ1) is 21.1. The molecular formula is C24H18ClFN2O2S2. The summed E-state index contributed by atoms with van der Waals surface area (Å²) < 4.78 is 43.7. The van der Waals surface area contributed by atoms with E-state index < -0.39 is 10.0 Å². The van der Waals surface area contributed by atoms with Crippen LogP contribution in [0.4, 0.5) is 10.1 Å². The average molecular weight is 485 g/mol. The van der Waals surface area contributed by atoms with Gasteiger partial charge in [0.15, 0.2) is 0 Å². The third-order valence-corrected chi connectivity index (χ3v) is 9.00. The van der Waals surface area contributed by atoms with Crippen molar-refractivity contribution in [1.29, 1.82) is 0 Å². The zero-order valence-electron chi connectivity index (χ0n) is 17.0. The van der Waals surface area contributed by atoms with E-state index >= 15 is 0 Å². The van der Waals surface area contributed by atoms with E-state index in [9.17, 15) is 12.8 Å². The second kappa shape index (κ2) is 7.99. The van der Waals surface area contributed by atoms with Crippen LogP contribution in [0.15, 0.2) is 69.9 Å². The maximum atomic E-state index is 13.8. The van der Waals surface area contributed by atoms with Gasteiger partial charge in [-0.2, -0.15) is 0 Å². The first-order valence-corrected chi connectivity index (χ1v) is 12.6. The van der Waals surface area contributed by atoms with E-state index in [1.807, 2.05) is 6.07 Å².